The summed E-state index contributed by atoms with van der Waals surface area (Å²) in [6.45, 7) is 1.04. The molecule has 0 heterocycles. The smallest absolute Gasteiger partial charge is 0.326 e. The molecule has 0 aromatic heterocycles. The van der Waals surface area contributed by atoms with Gasteiger partial charge in [0.05, 0.1) is 5.56 Å². The van der Waals surface area contributed by atoms with Gasteiger partial charge in [0.1, 0.15) is 12.4 Å². The molecule has 1 aliphatic carbocycles. The van der Waals surface area contributed by atoms with Gasteiger partial charge < -0.3 is 10.1 Å². The molecule has 0 unspecified atom stereocenters. The molecule has 0 aliphatic heterocycles. The Morgan fingerprint density at radius 1 is 1.11 bits per heavy atom. The van der Waals surface area contributed by atoms with E-state index in [1.165, 1.54) is 30.7 Å². The topological polar surface area (TPSA) is 72.5 Å². The van der Waals surface area contributed by atoms with Crippen LogP contribution in [-0.4, -0.2) is 30.3 Å². The lowest BCUT2D eigenvalue weighted by Crippen LogP contribution is -2.34. The molecule has 0 radical (unpaired) electrons. The van der Waals surface area contributed by atoms with Crippen LogP contribution in [0.25, 0.3) is 0 Å². The van der Waals surface area contributed by atoms with E-state index >= 15 is 0 Å². The number of hydrogen-bond acceptors (Lipinski definition) is 4. The first kappa shape index (κ1) is 18.8. The van der Waals surface area contributed by atoms with Gasteiger partial charge in [0.2, 0.25) is 5.78 Å². The van der Waals surface area contributed by atoms with E-state index in [2.05, 4.69) is 5.32 Å². The molecule has 5 nitrogen and oxygen atoms in total. The molecule has 0 saturated carbocycles. The van der Waals surface area contributed by atoms with Gasteiger partial charge in [-0.1, -0.05) is 24.3 Å². The molecular formula is C21H20FNO4. The molecule has 1 amide bonds. The SMILES string of the molecule is C[C@H](OC(=O)CNC(=O)c1ccccc1F)C(=O)c1ccc2c(c1)CCC2. The summed E-state index contributed by atoms with van der Waals surface area (Å²) in [7, 11) is 0. The predicted octanol–water partition coefficient (Wildman–Crippen LogP) is 2.86. The second-order valence-corrected chi connectivity index (χ2v) is 6.50. The van der Waals surface area contributed by atoms with Crippen molar-refractivity contribution >= 4 is 17.7 Å². The summed E-state index contributed by atoms with van der Waals surface area (Å²) in [6, 6.07) is 11.0. The van der Waals surface area contributed by atoms with Crippen LogP contribution in [-0.2, 0) is 22.4 Å². The summed E-state index contributed by atoms with van der Waals surface area (Å²) in [4.78, 5) is 36.3. The lowest BCUT2D eigenvalue weighted by Gasteiger charge is -2.13. The fourth-order valence-corrected chi connectivity index (χ4v) is 3.15. The molecule has 2 aromatic carbocycles. The molecule has 0 saturated heterocycles. The van der Waals surface area contributed by atoms with Crippen LogP contribution in [0.3, 0.4) is 0 Å². The van der Waals surface area contributed by atoms with Crippen molar-refractivity contribution in [3.63, 3.8) is 0 Å². The molecule has 3 rings (SSSR count). The lowest BCUT2D eigenvalue weighted by atomic mass is 10.0. The maximum absolute atomic E-state index is 13.5. The fraction of sp³-hybridized carbons (Fsp3) is 0.286. The number of nitrogens with one attached hydrogen (secondary N) is 1. The standard InChI is InChI=1S/C21H20FNO4/c1-13(20(25)16-10-9-14-5-4-6-15(14)11-16)27-19(24)12-23-21(26)17-7-2-3-8-18(17)22/h2-3,7-11,13H,4-6,12H2,1H3,(H,23,26)/t13-/m0/s1. The number of Topliss-reactive ketones (excluding diaryl/α,β-unsaturated/α-hetero) is 1. The van der Waals surface area contributed by atoms with E-state index in [1.807, 2.05) is 12.1 Å². The molecule has 1 N–H and O–H groups in total. The first-order chi connectivity index (χ1) is 13.0. The Hall–Kier alpha value is -3.02. The first-order valence-corrected chi connectivity index (χ1v) is 8.84. The van der Waals surface area contributed by atoms with Gasteiger partial charge in [0, 0.05) is 5.56 Å². The molecule has 0 bridgehead atoms. The van der Waals surface area contributed by atoms with Crippen molar-refractivity contribution in [2.75, 3.05) is 6.54 Å². The average Bonchev–Trinajstić information content (AvgIpc) is 3.13. The monoisotopic (exact) mass is 369 g/mol. The van der Waals surface area contributed by atoms with Crippen molar-refractivity contribution < 1.29 is 23.5 Å². The number of ether oxygens (including phenoxy) is 1. The number of carbonyl (C=O) groups excluding carboxylic acids is 3. The maximum Gasteiger partial charge on any atom is 0.326 e. The molecule has 0 spiro atoms. The number of aryl methyl sites for hydroxylation is 2. The third-order valence-corrected chi connectivity index (χ3v) is 4.57. The Labute approximate surface area is 156 Å². The Bertz CT molecular complexity index is 894. The lowest BCUT2D eigenvalue weighted by molar-refractivity contribution is -0.145. The number of halogens is 1. The van der Waals surface area contributed by atoms with Gasteiger partial charge in [-0.3, -0.25) is 14.4 Å². The van der Waals surface area contributed by atoms with Crippen LogP contribution in [0, 0.1) is 5.82 Å². The van der Waals surface area contributed by atoms with E-state index in [-0.39, 0.29) is 11.3 Å². The number of hydrogen-bond donors (Lipinski definition) is 1. The van der Waals surface area contributed by atoms with Gasteiger partial charge in [0.15, 0.2) is 6.10 Å². The highest BCUT2D eigenvalue weighted by atomic mass is 19.1. The minimum Gasteiger partial charge on any atom is -0.453 e. The van der Waals surface area contributed by atoms with Crippen molar-refractivity contribution in [1.82, 2.24) is 5.32 Å². The molecule has 1 aliphatic rings. The van der Waals surface area contributed by atoms with Gasteiger partial charge in [0.25, 0.3) is 5.91 Å². The summed E-state index contributed by atoms with van der Waals surface area (Å²) >= 11 is 0. The van der Waals surface area contributed by atoms with Crippen LogP contribution >= 0.6 is 0 Å². The van der Waals surface area contributed by atoms with E-state index in [4.69, 9.17) is 4.74 Å². The number of amides is 1. The van der Waals surface area contributed by atoms with Crippen molar-refractivity contribution in [2.45, 2.75) is 32.3 Å². The third kappa shape index (κ3) is 4.39. The van der Waals surface area contributed by atoms with Crippen LogP contribution in [0.15, 0.2) is 42.5 Å². The summed E-state index contributed by atoms with van der Waals surface area (Å²) in [6.07, 6.45) is 2.09. The fourth-order valence-electron chi connectivity index (χ4n) is 3.15. The number of benzene rings is 2. The largest absolute Gasteiger partial charge is 0.453 e. The third-order valence-electron chi connectivity index (χ3n) is 4.57. The Morgan fingerprint density at radius 3 is 2.63 bits per heavy atom. The van der Waals surface area contributed by atoms with Crippen LogP contribution in [0.1, 0.15) is 45.2 Å². The summed E-state index contributed by atoms with van der Waals surface area (Å²) < 4.78 is 18.6. The average molecular weight is 369 g/mol. The second kappa shape index (κ2) is 8.12. The highest BCUT2D eigenvalue weighted by Crippen LogP contribution is 2.23. The Morgan fingerprint density at radius 2 is 1.85 bits per heavy atom. The van der Waals surface area contributed by atoms with E-state index in [0.29, 0.717) is 5.56 Å². The second-order valence-electron chi connectivity index (χ2n) is 6.50. The van der Waals surface area contributed by atoms with Crippen molar-refractivity contribution in [1.29, 1.82) is 0 Å². The minimum absolute atomic E-state index is 0.160. The van der Waals surface area contributed by atoms with Gasteiger partial charge in [-0.25, -0.2) is 4.39 Å². The summed E-state index contributed by atoms with van der Waals surface area (Å²) in [5, 5.41) is 2.29. The van der Waals surface area contributed by atoms with Crippen LogP contribution in [0.2, 0.25) is 0 Å². The number of rotatable bonds is 6. The molecule has 6 heteroatoms. The van der Waals surface area contributed by atoms with E-state index in [1.54, 1.807) is 6.07 Å². The van der Waals surface area contributed by atoms with Gasteiger partial charge in [-0.05, 0) is 55.5 Å². The van der Waals surface area contributed by atoms with E-state index in [9.17, 15) is 18.8 Å². The summed E-state index contributed by atoms with van der Waals surface area (Å²) in [5.41, 5.74) is 2.77. The quantitative estimate of drug-likeness (QED) is 0.628. The molecular weight excluding hydrogens is 349 g/mol. The van der Waals surface area contributed by atoms with Crippen LogP contribution in [0.4, 0.5) is 4.39 Å². The highest BCUT2D eigenvalue weighted by Gasteiger charge is 2.22. The molecule has 140 valence electrons. The molecule has 1 atom stereocenters. The maximum atomic E-state index is 13.5. The zero-order valence-corrected chi connectivity index (χ0v) is 15.0. The number of carbonyl (C=O) groups is 3. The van der Waals surface area contributed by atoms with Crippen molar-refractivity contribution in [3.05, 3.63) is 70.5 Å². The van der Waals surface area contributed by atoms with Crippen LogP contribution < -0.4 is 5.32 Å². The highest BCUT2D eigenvalue weighted by molar-refractivity contribution is 6.01. The zero-order valence-electron chi connectivity index (χ0n) is 15.0. The van der Waals surface area contributed by atoms with E-state index < -0.39 is 30.3 Å². The first-order valence-electron chi connectivity index (χ1n) is 8.84. The zero-order chi connectivity index (χ0) is 19.4. The molecule has 0 fully saturated rings. The Balaban J connectivity index is 1.53. The van der Waals surface area contributed by atoms with Gasteiger partial charge in [-0.15, -0.1) is 0 Å². The molecule has 2 aromatic rings. The van der Waals surface area contributed by atoms with Gasteiger partial charge in [-0.2, -0.15) is 0 Å². The summed E-state index contributed by atoms with van der Waals surface area (Å²) in [5.74, 6) is -2.45. The minimum atomic E-state index is -0.970. The number of fused-ring (bicyclic) bond motifs is 1. The predicted molar refractivity (Wildman–Crippen MR) is 97.1 cm³/mol. The van der Waals surface area contributed by atoms with Crippen molar-refractivity contribution in [2.24, 2.45) is 0 Å². The van der Waals surface area contributed by atoms with Gasteiger partial charge >= 0.3 is 5.97 Å². The van der Waals surface area contributed by atoms with E-state index in [0.717, 1.165) is 30.9 Å². The number of esters is 1. The Kier molecular flexibility index (Phi) is 5.64. The normalized spacial score (nSPS) is 13.6. The number of ketones is 1. The van der Waals surface area contributed by atoms with Crippen molar-refractivity contribution in [3.8, 4) is 0 Å². The molecule has 27 heavy (non-hydrogen) atoms. The van der Waals surface area contributed by atoms with Crippen LogP contribution in [0.5, 0.6) is 0 Å².